The van der Waals surface area contributed by atoms with E-state index in [1.807, 2.05) is 12.1 Å². The van der Waals surface area contributed by atoms with Crippen molar-refractivity contribution in [2.24, 2.45) is 0 Å². The van der Waals surface area contributed by atoms with E-state index in [1.165, 1.54) is 11.3 Å². The molecule has 2 aromatic heterocycles. The number of carboxylic acids is 1. The highest BCUT2D eigenvalue weighted by Gasteiger charge is 2.32. The summed E-state index contributed by atoms with van der Waals surface area (Å²) in [6.45, 7) is 0. The maximum Gasteiger partial charge on any atom is 0.312 e. The summed E-state index contributed by atoms with van der Waals surface area (Å²) in [5.41, 5.74) is 1.58. The molecule has 0 radical (unpaired) electrons. The average molecular weight is 261 g/mol. The van der Waals surface area contributed by atoms with Gasteiger partial charge >= 0.3 is 5.97 Å². The summed E-state index contributed by atoms with van der Waals surface area (Å²) >= 11 is 1.52. The van der Waals surface area contributed by atoms with Gasteiger partial charge in [-0.1, -0.05) is 0 Å². The number of pyridine rings is 1. The van der Waals surface area contributed by atoms with Crippen LogP contribution in [0.15, 0.2) is 24.5 Å². The minimum absolute atomic E-state index is 0.444. The molecular formula is C12H11N3O2S. The van der Waals surface area contributed by atoms with Gasteiger partial charge in [0.05, 0.1) is 17.6 Å². The van der Waals surface area contributed by atoms with Gasteiger partial charge in [0.15, 0.2) is 5.13 Å². The average Bonchev–Trinajstić information content (AvgIpc) is 2.89. The van der Waals surface area contributed by atoms with Gasteiger partial charge in [0.2, 0.25) is 0 Å². The second-order valence-electron chi connectivity index (χ2n) is 4.12. The van der Waals surface area contributed by atoms with Gasteiger partial charge in [-0.15, -0.1) is 11.3 Å². The summed E-state index contributed by atoms with van der Waals surface area (Å²) in [6, 6.07) is 3.73. The summed E-state index contributed by atoms with van der Waals surface area (Å²) in [5.74, 6) is -1.23. The minimum atomic E-state index is -0.785. The Morgan fingerprint density at radius 1 is 1.56 bits per heavy atom. The Kier molecular flexibility index (Phi) is 2.71. The highest BCUT2D eigenvalue weighted by molar-refractivity contribution is 7.15. The zero-order valence-electron chi connectivity index (χ0n) is 9.46. The predicted molar refractivity (Wildman–Crippen MR) is 68.3 cm³/mol. The van der Waals surface area contributed by atoms with E-state index in [0.717, 1.165) is 27.8 Å². The van der Waals surface area contributed by atoms with Gasteiger partial charge in [-0.3, -0.25) is 9.78 Å². The Morgan fingerprint density at radius 3 is 3.17 bits per heavy atom. The Balaban J connectivity index is 1.84. The number of nitrogens with zero attached hydrogens (tertiary/aromatic N) is 2. The number of anilines is 2. The third kappa shape index (κ3) is 1.95. The van der Waals surface area contributed by atoms with Crippen LogP contribution >= 0.6 is 11.3 Å². The molecule has 0 spiro atoms. The molecule has 92 valence electrons. The molecule has 1 atom stereocenters. The largest absolute Gasteiger partial charge is 0.481 e. The van der Waals surface area contributed by atoms with E-state index in [4.69, 9.17) is 5.11 Å². The van der Waals surface area contributed by atoms with Crippen molar-refractivity contribution in [1.82, 2.24) is 9.97 Å². The fourth-order valence-electron chi connectivity index (χ4n) is 2.08. The summed E-state index contributed by atoms with van der Waals surface area (Å²) in [7, 11) is 0. The first-order valence-electron chi connectivity index (χ1n) is 5.63. The molecule has 1 aliphatic carbocycles. The van der Waals surface area contributed by atoms with Crippen LogP contribution in [0.4, 0.5) is 10.8 Å². The molecular weight excluding hydrogens is 250 g/mol. The summed E-state index contributed by atoms with van der Waals surface area (Å²) in [6.07, 6.45) is 4.88. The fourth-order valence-corrected chi connectivity index (χ4v) is 3.14. The van der Waals surface area contributed by atoms with Gasteiger partial charge in [-0.2, -0.15) is 0 Å². The Bertz CT molecular complexity index is 582. The fraction of sp³-hybridized carbons (Fsp3) is 0.250. The third-order valence-corrected chi connectivity index (χ3v) is 3.97. The van der Waals surface area contributed by atoms with Crippen LogP contribution in [0.1, 0.15) is 22.9 Å². The van der Waals surface area contributed by atoms with E-state index in [1.54, 1.807) is 12.4 Å². The van der Waals surface area contributed by atoms with Gasteiger partial charge in [0.1, 0.15) is 5.92 Å². The first-order valence-corrected chi connectivity index (χ1v) is 6.45. The molecule has 0 aliphatic heterocycles. The van der Waals surface area contributed by atoms with Gasteiger partial charge in [-0.25, -0.2) is 4.98 Å². The number of hydrogen-bond donors (Lipinski definition) is 2. The second kappa shape index (κ2) is 4.38. The number of thiazole rings is 1. The SMILES string of the molecule is O=C(O)C1CCc2sc(Nc3cccnc3)nc21. The first-order chi connectivity index (χ1) is 8.74. The van der Waals surface area contributed by atoms with Crippen LogP contribution in [0.25, 0.3) is 0 Å². The van der Waals surface area contributed by atoms with Crippen LogP contribution in [0.2, 0.25) is 0 Å². The van der Waals surface area contributed by atoms with Gasteiger partial charge in [0, 0.05) is 11.1 Å². The number of aliphatic carboxylic acids is 1. The van der Waals surface area contributed by atoms with Crippen molar-refractivity contribution in [3.63, 3.8) is 0 Å². The number of fused-ring (bicyclic) bond motifs is 1. The minimum Gasteiger partial charge on any atom is -0.481 e. The number of aryl methyl sites for hydroxylation is 1. The standard InChI is InChI=1S/C12H11N3O2S/c16-11(17)8-3-4-9-10(8)15-12(18-9)14-7-2-1-5-13-6-7/h1-2,5-6,8H,3-4H2,(H,14,15)(H,16,17). The maximum atomic E-state index is 11.1. The van der Waals surface area contributed by atoms with Crippen molar-refractivity contribution >= 4 is 28.1 Å². The number of nitrogens with one attached hydrogen (secondary N) is 1. The number of hydrogen-bond acceptors (Lipinski definition) is 5. The highest BCUT2D eigenvalue weighted by atomic mass is 32.1. The first kappa shape index (κ1) is 11.2. The monoisotopic (exact) mass is 261 g/mol. The summed E-state index contributed by atoms with van der Waals surface area (Å²) in [5, 5.41) is 13.0. The lowest BCUT2D eigenvalue weighted by molar-refractivity contribution is -0.138. The number of carbonyl (C=O) groups is 1. The molecule has 0 aromatic carbocycles. The Hall–Kier alpha value is -1.95. The van der Waals surface area contributed by atoms with E-state index < -0.39 is 11.9 Å². The van der Waals surface area contributed by atoms with E-state index in [0.29, 0.717) is 6.42 Å². The van der Waals surface area contributed by atoms with Crippen molar-refractivity contribution < 1.29 is 9.90 Å². The second-order valence-corrected chi connectivity index (χ2v) is 5.21. The number of rotatable bonds is 3. The van der Waals surface area contributed by atoms with Crippen LogP contribution in [-0.4, -0.2) is 21.0 Å². The molecule has 2 N–H and O–H groups in total. The highest BCUT2D eigenvalue weighted by Crippen LogP contribution is 2.38. The van der Waals surface area contributed by atoms with E-state index in [9.17, 15) is 4.79 Å². The molecule has 0 saturated heterocycles. The Labute approximate surface area is 108 Å². The topological polar surface area (TPSA) is 75.1 Å². The molecule has 1 aliphatic rings. The third-order valence-electron chi connectivity index (χ3n) is 2.93. The molecule has 6 heteroatoms. The lowest BCUT2D eigenvalue weighted by Gasteiger charge is -2.03. The van der Waals surface area contributed by atoms with Crippen molar-refractivity contribution in [1.29, 1.82) is 0 Å². The maximum absolute atomic E-state index is 11.1. The zero-order chi connectivity index (χ0) is 12.5. The summed E-state index contributed by atoms with van der Waals surface area (Å²) < 4.78 is 0. The lowest BCUT2D eigenvalue weighted by Crippen LogP contribution is -2.08. The molecule has 0 bridgehead atoms. The predicted octanol–water partition coefficient (Wildman–Crippen LogP) is 2.40. The normalized spacial score (nSPS) is 17.4. The molecule has 0 fully saturated rings. The molecule has 2 aromatic rings. The van der Waals surface area contributed by atoms with Crippen molar-refractivity contribution in [2.45, 2.75) is 18.8 Å². The van der Waals surface area contributed by atoms with Crippen molar-refractivity contribution in [2.75, 3.05) is 5.32 Å². The molecule has 0 saturated carbocycles. The van der Waals surface area contributed by atoms with Crippen LogP contribution in [0.5, 0.6) is 0 Å². The van der Waals surface area contributed by atoms with Crippen LogP contribution in [0.3, 0.4) is 0 Å². The molecule has 1 unspecified atom stereocenters. The van der Waals surface area contributed by atoms with Crippen LogP contribution in [-0.2, 0) is 11.2 Å². The number of aromatic nitrogens is 2. The molecule has 5 nitrogen and oxygen atoms in total. The zero-order valence-corrected chi connectivity index (χ0v) is 10.3. The smallest absolute Gasteiger partial charge is 0.312 e. The molecule has 2 heterocycles. The summed E-state index contributed by atoms with van der Waals surface area (Å²) in [4.78, 5) is 20.5. The van der Waals surface area contributed by atoms with Crippen molar-refractivity contribution in [3.05, 3.63) is 35.1 Å². The van der Waals surface area contributed by atoms with Crippen molar-refractivity contribution in [3.8, 4) is 0 Å². The number of carboxylic acid groups (broad SMARTS) is 1. The van der Waals surface area contributed by atoms with Gasteiger partial charge in [0.25, 0.3) is 0 Å². The molecule has 18 heavy (non-hydrogen) atoms. The van der Waals surface area contributed by atoms with Crippen LogP contribution in [0, 0.1) is 0 Å². The van der Waals surface area contributed by atoms with E-state index >= 15 is 0 Å². The van der Waals surface area contributed by atoms with E-state index in [-0.39, 0.29) is 0 Å². The lowest BCUT2D eigenvalue weighted by atomic mass is 10.1. The Morgan fingerprint density at radius 2 is 2.44 bits per heavy atom. The molecule has 3 rings (SSSR count). The quantitative estimate of drug-likeness (QED) is 0.887. The van der Waals surface area contributed by atoms with Gasteiger partial charge in [-0.05, 0) is 25.0 Å². The van der Waals surface area contributed by atoms with Gasteiger partial charge < -0.3 is 10.4 Å². The van der Waals surface area contributed by atoms with E-state index in [2.05, 4.69) is 15.3 Å². The molecule has 0 amide bonds. The van der Waals surface area contributed by atoms with Crippen LogP contribution < -0.4 is 5.32 Å².